The second kappa shape index (κ2) is 6.01. The number of H-pyrrole nitrogens is 1. The van der Waals surface area contributed by atoms with Crippen LogP contribution in [0.3, 0.4) is 0 Å². The Morgan fingerprint density at radius 3 is 3.10 bits per heavy atom. The Kier molecular flexibility index (Phi) is 3.92. The number of rotatable bonds is 4. The summed E-state index contributed by atoms with van der Waals surface area (Å²) < 4.78 is 10.3. The molecule has 0 bridgehead atoms. The molecule has 2 aromatic rings. The van der Waals surface area contributed by atoms with E-state index < -0.39 is 0 Å². The van der Waals surface area contributed by atoms with Gasteiger partial charge in [0, 0.05) is 30.3 Å². The minimum atomic E-state index is -0.349. The van der Waals surface area contributed by atoms with E-state index in [1.165, 1.54) is 12.7 Å². The largest absolute Gasteiger partial charge is 0.493 e. The van der Waals surface area contributed by atoms with E-state index in [1.807, 2.05) is 24.3 Å². The highest BCUT2D eigenvalue weighted by Crippen LogP contribution is 2.31. The summed E-state index contributed by atoms with van der Waals surface area (Å²) in [5.74, 6) is 0.598. The van der Waals surface area contributed by atoms with E-state index in [0.717, 1.165) is 17.9 Å². The Labute approximate surface area is 123 Å². The average Bonchev–Trinajstić information content (AvgIpc) is 3.01. The number of carbonyl (C=O) groups excluding carboxylic acids is 1. The Balaban J connectivity index is 1.66. The van der Waals surface area contributed by atoms with Crippen LogP contribution in [-0.2, 0) is 11.3 Å². The molecule has 5 heteroatoms. The predicted octanol–water partition coefficient (Wildman–Crippen LogP) is 2.41. The standard InChI is InChI=1S/C16H18N2O3/c1-20-16(19)14-7-6-11(18-14)10-17-13-8-9-21-15-5-3-2-4-12(13)15/h2-7,13,17-18H,8-10H2,1H3. The maximum atomic E-state index is 11.4. The van der Waals surface area contributed by atoms with Crippen LogP contribution < -0.4 is 10.1 Å². The second-order valence-electron chi connectivity index (χ2n) is 5.00. The van der Waals surface area contributed by atoms with Gasteiger partial charge in [0.15, 0.2) is 0 Å². The molecule has 5 nitrogen and oxygen atoms in total. The van der Waals surface area contributed by atoms with Crippen molar-refractivity contribution in [3.05, 3.63) is 53.3 Å². The van der Waals surface area contributed by atoms with Gasteiger partial charge >= 0.3 is 5.97 Å². The third-order valence-corrected chi connectivity index (χ3v) is 3.65. The molecule has 1 atom stereocenters. The third-order valence-electron chi connectivity index (χ3n) is 3.65. The minimum absolute atomic E-state index is 0.264. The first-order chi connectivity index (χ1) is 10.3. The summed E-state index contributed by atoms with van der Waals surface area (Å²) in [4.78, 5) is 14.5. The zero-order valence-electron chi connectivity index (χ0n) is 11.9. The molecule has 110 valence electrons. The summed E-state index contributed by atoms with van der Waals surface area (Å²) in [6.07, 6.45) is 0.932. The molecule has 3 rings (SSSR count). The maximum Gasteiger partial charge on any atom is 0.354 e. The number of ether oxygens (including phenoxy) is 2. The van der Waals surface area contributed by atoms with Gasteiger partial charge in [-0.3, -0.25) is 0 Å². The first-order valence-electron chi connectivity index (χ1n) is 6.99. The van der Waals surface area contributed by atoms with Crippen LogP contribution in [0.4, 0.5) is 0 Å². The van der Waals surface area contributed by atoms with Crippen molar-refractivity contribution < 1.29 is 14.3 Å². The highest BCUT2D eigenvalue weighted by Gasteiger charge is 2.20. The predicted molar refractivity (Wildman–Crippen MR) is 78.3 cm³/mol. The van der Waals surface area contributed by atoms with Crippen LogP contribution in [0.1, 0.15) is 34.2 Å². The molecule has 0 saturated carbocycles. The molecular formula is C16H18N2O3. The van der Waals surface area contributed by atoms with Crippen LogP contribution in [0.5, 0.6) is 5.75 Å². The summed E-state index contributed by atoms with van der Waals surface area (Å²) >= 11 is 0. The normalized spacial score (nSPS) is 16.9. The Bertz CT molecular complexity index is 636. The number of hydrogen-bond acceptors (Lipinski definition) is 4. The van der Waals surface area contributed by atoms with Gasteiger partial charge in [0.05, 0.1) is 13.7 Å². The molecular weight excluding hydrogens is 268 g/mol. The molecule has 0 radical (unpaired) electrons. The van der Waals surface area contributed by atoms with Crippen molar-refractivity contribution >= 4 is 5.97 Å². The smallest absolute Gasteiger partial charge is 0.354 e. The minimum Gasteiger partial charge on any atom is -0.493 e. The van der Waals surface area contributed by atoms with Crippen LogP contribution in [0.15, 0.2) is 36.4 Å². The molecule has 1 aromatic heterocycles. The first kappa shape index (κ1) is 13.7. The molecule has 0 amide bonds. The second-order valence-corrected chi connectivity index (χ2v) is 5.00. The molecule has 1 unspecified atom stereocenters. The fourth-order valence-electron chi connectivity index (χ4n) is 2.56. The molecule has 21 heavy (non-hydrogen) atoms. The van der Waals surface area contributed by atoms with Gasteiger partial charge in [0.25, 0.3) is 0 Å². The van der Waals surface area contributed by atoms with Gasteiger partial charge in [0.1, 0.15) is 11.4 Å². The molecule has 0 fully saturated rings. The Hall–Kier alpha value is -2.27. The quantitative estimate of drug-likeness (QED) is 0.847. The number of fused-ring (bicyclic) bond motifs is 1. The van der Waals surface area contributed by atoms with E-state index in [4.69, 9.17) is 4.74 Å². The van der Waals surface area contributed by atoms with E-state index >= 15 is 0 Å². The number of aromatic amines is 1. The lowest BCUT2D eigenvalue weighted by Crippen LogP contribution is -2.26. The van der Waals surface area contributed by atoms with Crippen LogP contribution >= 0.6 is 0 Å². The van der Waals surface area contributed by atoms with Gasteiger partial charge in [-0.25, -0.2) is 4.79 Å². The Morgan fingerprint density at radius 2 is 2.24 bits per heavy atom. The van der Waals surface area contributed by atoms with Crippen molar-refractivity contribution in [3.63, 3.8) is 0 Å². The summed E-state index contributed by atoms with van der Waals surface area (Å²) in [5.41, 5.74) is 2.62. The zero-order chi connectivity index (χ0) is 14.7. The van der Waals surface area contributed by atoms with Gasteiger partial charge in [-0.05, 0) is 18.2 Å². The van der Waals surface area contributed by atoms with Crippen molar-refractivity contribution in [3.8, 4) is 5.75 Å². The van der Waals surface area contributed by atoms with E-state index in [0.29, 0.717) is 18.8 Å². The molecule has 0 saturated heterocycles. The van der Waals surface area contributed by atoms with E-state index in [2.05, 4.69) is 21.1 Å². The van der Waals surface area contributed by atoms with Crippen molar-refractivity contribution in [2.24, 2.45) is 0 Å². The van der Waals surface area contributed by atoms with E-state index in [9.17, 15) is 4.79 Å². The highest BCUT2D eigenvalue weighted by molar-refractivity contribution is 5.87. The van der Waals surface area contributed by atoms with Gasteiger partial charge in [-0.2, -0.15) is 0 Å². The summed E-state index contributed by atoms with van der Waals surface area (Å²) in [7, 11) is 1.38. The summed E-state index contributed by atoms with van der Waals surface area (Å²) in [6, 6.07) is 12.0. The summed E-state index contributed by atoms with van der Waals surface area (Å²) in [6.45, 7) is 1.38. The van der Waals surface area contributed by atoms with Crippen molar-refractivity contribution in [2.45, 2.75) is 19.0 Å². The van der Waals surface area contributed by atoms with E-state index in [-0.39, 0.29) is 12.0 Å². The van der Waals surface area contributed by atoms with Crippen molar-refractivity contribution in [1.82, 2.24) is 10.3 Å². The Morgan fingerprint density at radius 1 is 1.38 bits per heavy atom. The van der Waals surface area contributed by atoms with Gasteiger partial charge < -0.3 is 19.8 Å². The van der Waals surface area contributed by atoms with Gasteiger partial charge in [-0.1, -0.05) is 18.2 Å². The molecule has 1 aliphatic heterocycles. The molecule has 1 aliphatic rings. The number of methoxy groups -OCH3 is 1. The van der Waals surface area contributed by atoms with Crippen LogP contribution in [0.2, 0.25) is 0 Å². The monoisotopic (exact) mass is 286 g/mol. The molecule has 0 aliphatic carbocycles. The maximum absolute atomic E-state index is 11.4. The fraction of sp³-hybridized carbons (Fsp3) is 0.312. The number of carbonyl (C=O) groups is 1. The van der Waals surface area contributed by atoms with Crippen molar-refractivity contribution in [1.29, 1.82) is 0 Å². The summed E-state index contributed by atoms with van der Waals surface area (Å²) in [5, 5.41) is 3.50. The number of aromatic nitrogens is 1. The van der Waals surface area contributed by atoms with Crippen LogP contribution in [0, 0.1) is 0 Å². The van der Waals surface area contributed by atoms with E-state index in [1.54, 1.807) is 6.07 Å². The van der Waals surface area contributed by atoms with Crippen molar-refractivity contribution in [2.75, 3.05) is 13.7 Å². The highest BCUT2D eigenvalue weighted by atomic mass is 16.5. The first-order valence-corrected chi connectivity index (χ1v) is 6.99. The SMILES string of the molecule is COC(=O)c1ccc(CNC2CCOc3ccccc32)[nH]1. The lowest BCUT2D eigenvalue weighted by molar-refractivity contribution is 0.0594. The number of esters is 1. The van der Waals surface area contributed by atoms with Crippen LogP contribution in [-0.4, -0.2) is 24.7 Å². The molecule has 2 heterocycles. The topological polar surface area (TPSA) is 63.4 Å². The molecule has 1 aromatic carbocycles. The number of nitrogens with one attached hydrogen (secondary N) is 2. The number of para-hydroxylation sites is 1. The number of benzene rings is 1. The number of hydrogen-bond donors (Lipinski definition) is 2. The van der Waals surface area contributed by atoms with Gasteiger partial charge in [-0.15, -0.1) is 0 Å². The average molecular weight is 286 g/mol. The lowest BCUT2D eigenvalue weighted by atomic mass is 10.0. The van der Waals surface area contributed by atoms with Crippen LogP contribution in [0.25, 0.3) is 0 Å². The molecule has 0 spiro atoms. The van der Waals surface area contributed by atoms with Gasteiger partial charge in [0.2, 0.25) is 0 Å². The lowest BCUT2D eigenvalue weighted by Gasteiger charge is -2.26. The third kappa shape index (κ3) is 2.92. The fourth-order valence-corrected chi connectivity index (χ4v) is 2.56. The molecule has 2 N–H and O–H groups in total. The zero-order valence-corrected chi connectivity index (χ0v) is 11.9.